The quantitative estimate of drug-likeness (QED) is 0.447. The first kappa shape index (κ1) is 9.47. The molecule has 0 radical (unpaired) electrons. The number of nitrogens with one attached hydrogen (secondary N) is 1. The first-order valence-electron chi connectivity index (χ1n) is 3.30. The molecule has 1 aromatic rings. The minimum Gasteiger partial charge on any atom is -0.268 e. The lowest BCUT2D eigenvalue weighted by Gasteiger charge is -1.96. The Bertz CT molecular complexity index is 336. The van der Waals surface area contributed by atoms with E-state index in [-0.39, 0.29) is 11.3 Å². The molecule has 0 aliphatic heterocycles. The Hall–Kier alpha value is -1.62. The molecule has 1 N–H and O–H groups in total. The van der Waals surface area contributed by atoms with Crippen LogP contribution in [0.5, 0.6) is 0 Å². The third-order valence-corrected chi connectivity index (χ3v) is 1.60. The van der Waals surface area contributed by atoms with E-state index in [0.717, 1.165) is 0 Å². The van der Waals surface area contributed by atoms with E-state index in [1.165, 1.54) is 24.3 Å². The van der Waals surface area contributed by atoms with E-state index in [9.17, 15) is 14.9 Å². The van der Waals surface area contributed by atoms with Crippen molar-refractivity contribution in [2.75, 3.05) is 0 Å². The van der Waals surface area contributed by atoms with Gasteiger partial charge >= 0.3 is 0 Å². The second-order valence-corrected chi connectivity index (χ2v) is 2.42. The molecule has 0 unspecified atom stereocenters. The van der Waals surface area contributed by atoms with E-state index in [2.05, 4.69) is 0 Å². The van der Waals surface area contributed by atoms with Crippen LogP contribution in [0.3, 0.4) is 0 Å². The SMILES string of the molecule is O=C(NCl)c1ccc([N+](=O)[O-])cc1. The summed E-state index contributed by atoms with van der Waals surface area (Å²) in [6.07, 6.45) is 0. The minimum atomic E-state index is -0.539. The second-order valence-electron chi connectivity index (χ2n) is 2.23. The number of rotatable bonds is 2. The van der Waals surface area contributed by atoms with Crippen molar-refractivity contribution in [2.24, 2.45) is 0 Å². The molecular formula is C7H5ClN2O3. The summed E-state index contributed by atoms with van der Waals surface area (Å²) in [4.78, 5) is 22.5. The molecule has 5 nitrogen and oxygen atoms in total. The lowest BCUT2D eigenvalue weighted by molar-refractivity contribution is -0.384. The molecule has 13 heavy (non-hydrogen) atoms. The number of nitrogens with zero attached hydrogens (tertiary/aromatic N) is 1. The molecule has 68 valence electrons. The average molecular weight is 201 g/mol. The Morgan fingerprint density at radius 1 is 1.38 bits per heavy atom. The van der Waals surface area contributed by atoms with Crippen LogP contribution >= 0.6 is 11.8 Å². The third kappa shape index (κ3) is 2.16. The minimum absolute atomic E-state index is 0.0638. The van der Waals surface area contributed by atoms with Crippen LogP contribution in [0.1, 0.15) is 10.4 Å². The van der Waals surface area contributed by atoms with Crippen molar-refractivity contribution in [1.82, 2.24) is 4.84 Å². The van der Waals surface area contributed by atoms with Crippen LogP contribution in [0.4, 0.5) is 5.69 Å². The van der Waals surface area contributed by atoms with Gasteiger partial charge in [0.1, 0.15) is 0 Å². The zero-order valence-corrected chi connectivity index (χ0v) is 7.12. The molecule has 0 bridgehead atoms. The van der Waals surface area contributed by atoms with Crippen LogP contribution in [0, 0.1) is 10.1 Å². The van der Waals surface area contributed by atoms with Gasteiger partial charge in [-0.25, -0.2) is 0 Å². The van der Waals surface area contributed by atoms with Crippen molar-refractivity contribution in [1.29, 1.82) is 0 Å². The summed E-state index contributed by atoms with van der Waals surface area (Å²) in [7, 11) is 0. The van der Waals surface area contributed by atoms with Crippen LogP contribution in [0.25, 0.3) is 0 Å². The third-order valence-electron chi connectivity index (χ3n) is 1.43. The van der Waals surface area contributed by atoms with Gasteiger partial charge in [-0.15, -0.1) is 0 Å². The number of carbonyl (C=O) groups is 1. The van der Waals surface area contributed by atoms with Gasteiger partial charge in [0.05, 0.1) is 4.92 Å². The van der Waals surface area contributed by atoms with Crippen molar-refractivity contribution in [3.05, 3.63) is 39.9 Å². The van der Waals surface area contributed by atoms with Crippen molar-refractivity contribution in [3.63, 3.8) is 0 Å². The second kappa shape index (κ2) is 3.86. The van der Waals surface area contributed by atoms with E-state index in [0.29, 0.717) is 0 Å². The highest BCUT2D eigenvalue weighted by Crippen LogP contribution is 2.11. The first-order valence-corrected chi connectivity index (χ1v) is 3.68. The maximum Gasteiger partial charge on any atom is 0.269 e. The molecule has 0 aromatic heterocycles. The maximum absolute atomic E-state index is 10.9. The van der Waals surface area contributed by atoms with Gasteiger partial charge < -0.3 is 0 Å². The predicted octanol–water partition coefficient (Wildman–Crippen LogP) is 1.48. The number of hydrogen-bond donors (Lipinski definition) is 1. The van der Waals surface area contributed by atoms with Crippen molar-refractivity contribution in [2.45, 2.75) is 0 Å². The number of hydrogen-bond acceptors (Lipinski definition) is 3. The van der Waals surface area contributed by atoms with Gasteiger partial charge in [0.15, 0.2) is 0 Å². The number of nitro groups is 1. The summed E-state index contributed by atoms with van der Waals surface area (Å²) in [5, 5.41) is 10.2. The molecule has 1 amide bonds. The molecule has 0 fully saturated rings. The molecule has 0 saturated carbocycles. The van der Waals surface area contributed by atoms with Crippen molar-refractivity contribution >= 4 is 23.4 Å². The summed E-state index contributed by atoms with van der Waals surface area (Å²) in [6.45, 7) is 0. The predicted molar refractivity (Wildman–Crippen MR) is 46.4 cm³/mol. The average Bonchev–Trinajstić information content (AvgIpc) is 2.17. The van der Waals surface area contributed by atoms with Gasteiger partial charge in [-0.3, -0.25) is 19.7 Å². The van der Waals surface area contributed by atoms with E-state index < -0.39 is 10.8 Å². The lowest BCUT2D eigenvalue weighted by Crippen LogP contribution is -2.11. The summed E-state index contributed by atoms with van der Waals surface area (Å²) >= 11 is 5.06. The van der Waals surface area contributed by atoms with E-state index >= 15 is 0 Å². The highest BCUT2D eigenvalue weighted by molar-refractivity contribution is 6.24. The van der Waals surface area contributed by atoms with Crippen LogP contribution in [0.15, 0.2) is 24.3 Å². The molecule has 0 aliphatic rings. The molecule has 1 rings (SSSR count). The smallest absolute Gasteiger partial charge is 0.268 e. The number of nitro benzene ring substituents is 1. The van der Waals surface area contributed by atoms with E-state index in [1.54, 1.807) is 0 Å². The number of halogens is 1. The van der Waals surface area contributed by atoms with Crippen LogP contribution in [-0.2, 0) is 0 Å². The fourth-order valence-electron chi connectivity index (χ4n) is 0.789. The van der Waals surface area contributed by atoms with Gasteiger partial charge in [0, 0.05) is 29.5 Å². The summed E-state index contributed by atoms with van der Waals surface area (Å²) < 4.78 is 0. The van der Waals surface area contributed by atoms with Gasteiger partial charge in [-0.2, -0.15) is 0 Å². The molecule has 0 saturated heterocycles. The Labute approximate surface area is 78.6 Å². The van der Waals surface area contributed by atoms with Gasteiger partial charge in [-0.05, 0) is 12.1 Å². The molecule has 0 atom stereocenters. The van der Waals surface area contributed by atoms with E-state index in [1.807, 2.05) is 4.84 Å². The Kier molecular flexibility index (Phi) is 2.81. The summed E-state index contributed by atoms with van der Waals surface area (Å²) in [5.74, 6) is -0.489. The molecule has 6 heteroatoms. The van der Waals surface area contributed by atoms with E-state index in [4.69, 9.17) is 11.8 Å². The number of amides is 1. The molecule has 0 aliphatic carbocycles. The fourth-order valence-corrected chi connectivity index (χ4v) is 0.898. The number of benzene rings is 1. The van der Waals surface area contributed by atoms with Gasteiger partial charge in [-0.1, -0.05) is 0 Å². The number of non-ortho nitro benzene ring substituents is 1. The van der Waals surface area contributed by atoms with Crippen molar-refractivity contribution < 1.29 is 9.72 Å². The van der Waals surface area contributed by atoms with Gasteiger partial charge in [0.25, 0.3) is 11.6 Å². The topological polar surface area (TPSA) is 72.2 Å². The Morgan fingerprint density at radius 3 is 2.31 bits per heavy atom. The van der Waals surface area contributed by atoms with Crippen LogP contribution < -0.4 is 4.84 Å². The lowest BCUT2D eigenvalue weighted by atomic mass is 10.2. The summed E-state index contributed by atoms with van der Waals surface area (Å²) in [5.41, 5.74) is 0.215. The maximum atomic E-state index is 10.9. The zero-order valence-electron chi connectivity index (χ0n) is 6.36. The standard InChI is InChI=1S/C7H5ClN2O3/c8-9-7(11)5-1-3-6(4-2-5)10(12)13/h1-4H,(H,9,11). The highest BCUT2D eigenvalue weighted by Gasteiger charge is 2.07. The first-order chi connectivity index (χ1) is 6.15. The molecule has 1 aromatic carbocycles. The van der Waals surface area contributed by atoms with Crippen LogP contribution in [0.2, 0.25) is 0 Å². The monoisotopic (exact) mass is 200 g/mol. The zero-order chi connectivity index (χ0) is 9.84. The summed E-state index contributed by atoms with van der Waals surface area (Å²) in [6, 6.07) is 5.13. The normalized spacial score (nSPS) is 9.31. The highest BCUT2D eigenvalue weighted by atomic mass is 35.5. The fraction of sp³-hybridized carbons (Fsp3) is 0. The largest absolute Gasteiger partial charge is 0.269 e. The Morgan fingerprint density at radius 2 is 1.92 bits per heavy atom. The molecule has 0 heterocycles. The van der Waals surface area contributed by atoms with Crippen molar-refractivity contribution in [3.8, 4) is 0 Å². The Balaban J connectivity index is 2.93. The molecule has 0 spiro atoms. The molecular weight excluding hydrogens is 196 g/mol. The number of carbonyl (C=O) groups excluding carboxylic acids is 1. The van der Waals surface area contributed by atoms with Crippen LogP contribution in [-0.4, -0.2) is 10.8 Å². The van der Waals surface area contributed by atoms with Gasteiger partial charge in [0.2, 0.25) is 0 Å².